The first-order valence-corrected chi connectivity index (χ1v) is 9.28. The lowest BCUT2D eigenvalue weighted by Gasteiger charge is -2.36. The number of hydrogen-bond acceptors (Lipinski definition) is 4. The van der Waals surface area contributed by atoms with Crippen molar-refractivity contribution in [3.63, 3.8) is 0 Å². The lowest BCUT2D eigenvalue weighted by molar-refractivity contribution is -0.121. The standard InChI is InChI=1S/C21H26FN3O2/c1-27-20-9-5-4-8-19(20)25-14-12-24(13-15-25)11-10-21(26)23-16-17-6-2-3-7-18(17)22/h2-9H,10-16H2,1H3,(H,23,26). The third kappa shape index (κ3) is 5.20. The second-order valence-corrected chi connectivity index (χ2v) is 6.62. The molecule has 0 aliphatic carbocycles. The third-order valence-electron chi connectivity index (χ3n) is 4.89. The zero-order valence-corrected chi connectivity index (χ0v) is 15.7. The Balaban J connectivity index is 1.40. The maximum Gasteiger partial charge on any atom is 0.221 e. The highest BCUT2D eigenvalue weighted by Gasteiger charge is 2.19. The first-order valence-electron chi connectivity index (χ1n) is 9.28. The summed E-state index contributed by atoms with van der Waals surface area (Å²) in [7, 11) is 1.69. The number of anilines is 1. The van der Waals surface area contributed by atoms with E-state index in [1.165, 1.54) is 6.07 Å². The van der Waals surface area contributed by atoms with Gasteiger partial charge in [-0.05, 0) is 18.2 Å². The molecular weight excluding hydrogens is 345 g/mol. The molecule has 1 N–H and O–H groups in total. The highest BCUT2D eigenvalue weighted by atomic mass is 19.1. The van der Waals surface area contributed by atoms with E-state index >= 15 is 0 Å². The molecule has 1 aliphatic rings. The van der Waals surface area contributed by atoms with Gasteiger partial charge in [-0.1, -0.05) is 30.3 Å². The lowest BCUT2D eigenvalue weighted by Crippen LogP contribution is -2.47. The van der Waals surface area contributed by atoms with E-state index < -0.39 is 0 Å². The zero-order chi connectivity index (χ0) is 19.1. The molecule has 1 aliphatic heterocycles. The molecule has 2 aromatic rings. The van der Waals surface area contributed by atoms with Gasteiger partial charge < -0.3 is 15.0 Å². The monoisotopic (exact) mass is 371 g/mol. The van der Waals surface area contributed by atoms with Crippen molar-refractivity contribution in [2.45, 2.75) is 13.0 Å². The molecule has 2 aromatic carbocycles. The fraction of sp³-hybridized carbons (Fsp3) is 0.381. The van der Waals surface area contributed by atoms with Crippen LogP contribution < -0.4 is 15.0 Å². The molecule has 1 heterocycles. The Bertz CT molecular complexity index is 761. The van der Waals surface area contributed by atoms with Gasteiger partial charge in [0.25, 0.3) is 0 Å². The summed E-state index contributed by atoms with van der Waals surface area (Å²) in [6.45, 7) is 4.54. The Morgan fingerprint density at radius 3 is 2.52 bits per heavy atom. The second-order valence-electron chi connectivity index (χ2n) is 6.62. The number of nitrogens with zero attached hydrogens (tertiary/aromatic N) is 2. The van der Waals surface area contributed by atoms with Gasteiger partial charge >= 0.3 is 0 Å². The summed E-state index contributed by atoms with van der Waals surface area (Å²) in [5.41, 5.74) is 1.62. The molecule has 0 spiro atoms. The predicted octanol–water partition coefficient (Wildman–Crippen LogP) is 2.66. The summed E-state index contributed by atoms with van der Waals surface area (Å²) in [6, 6.07) is 14.5. The quantitative estimate of drug-likeness (QED) is 0.813. The van der Waals surface area contributed by atoms with Crippen molar-refractivity contribution in [3.05, 3.63) is 59.9 Å². The van der Waals surface area contributed by atoms with Crippen molar-refractivity contribution < 1.29 is 13.9 Å². The number of carbonyl (C=O) groups excluding carboxylic acids is 1. The summed E-state index contributed by atoms with van der Waals surface area (Å²) >= 11 is 0. The highest BCUT2D eigenvalue weighted by Crippen LogP contribution is 2.28. The van der Waals surface area contributed by atoms with Crippen LogP contribution in [0.15, 0.2) is 48.5 Å². The smallest absolute Gasteiger partial charge is 0.221 e. The first kappa shape index (κ1) is 19.2. The Kier molecular flexibility index (Phi) is 6.65. The molecule has 144 valence electrons. The largest absolute Gasteiger partial charge is 0.495 e. The van der Waals surface area contributed by atoms with E-state index in [-0.39, 0.29) is 18.3 Å². The number of para-hydroxylation sites is 2. The zero-order valence-electron chi connectivity index (χ0n) is 15.7. The van der Waals surface area contributed by atoms with Gasteiger partial charge in [0.2, 0.25) is 5.91 Å². The van der Waals surface area contributed by atoms with Crippen LogP contribution in [0.1, 0.15) is 12.0 Å². The van der Waals surface area contributed by atoms with Crippen LogP contribution in [0.4, 0.5) is 10.1 Å². The van der Waals surface area contributed by atoms with E-state index in [1.54, 1.807) is 25.3 Å². The van der Waals surface area contributed by atoms with Gasteiger partial charge in [-0.15, -0.1) is 0 Å². The number of nitrogens with one attached hydrogen (secondary N) is 1. The van der Waals surface area contributed by atoms with Gasteiger partial charge in [0.1, 0.15) is 11.6 Å². The van der Waals surface area contributed by atoms with Crippen LogP contribution in [0.25, 0.3) is 0 Å². The maximum absolute atomic E-state index is 13.6. The fourth-order valence-corrected chi connectivity index (χ4v) is 3.29. The Morgan fingerprint density at radius 2 is 1.78 bits per heavy atom. The fourth-order valence-electron chi connectivity index (χ4n) is 3.29. The van der Waals surface area contributed by atoms with E-state index in [0.717, 1.165) is 37.6 Å². The van der Waals surface area contributed by atoms with Crippen LogP contribution in [0.5, 0.6) is 5.75 Å². The number of carbonyl (C=O) groups is 1. The third-order valence-corrected chi connectivity index (χ3v) is 4.89. The summed E-state index contributed by atoms with van der Waals surface area (Å²) < 4.78 is 19.0. The summed E-state index contributed by atoms with van der Waals surface area (Å²) in [5.74, 6) is 0.550. The molecule has 0 radical (unpaired) electrons. The minimum atomic E-state index is -0.287. The molecule has 27 heavy (non-hydrogen) atoms. The molecule has 0 bridgehead atoms. The minimum absolute atomic E-state index is 0.0505. The van der Waals surface area contributed by atoms with Crippen LogP contribution >= 0.6 is 0 Å². The number of piperazine rings is 1. The van der Waals surface area contributed by atoms with Gasteiger partial charge in [-0.25, -0.2) is 4.39 Å². The number of amides is 1. The molecule has 0 saturated carbocycles. The molecular formula is C21H26FN3O2. The SMILES string of the molecule is COc1ccccc1N1CCN(CCC(=O)NCc2ccccc2F)CC1. The normalized spacial score (nSPS) is 14.8. The molecule has 6 heteroatoms. The average Bonchev–Trinajstić information content (AvgIpc) is 2.72. The van der Waals surface area contributed by atoms with E-state index in [4.69, 9.17) is 4.74 Å². The molecule has 0 aromatic heterocycles. The molecule has 1 amide bonds. The Morgan fingerprint density at radius 1 is 1.07 bits per heavy atom. The topological polar surface area (TPSA) is 44.8 Å². The van der Waals surface area contributed by atoms with Gasteiger partial charge in [0, 0.05) is 51.3 Å². The predicted molar refractivity (Wildman–Crippen MR) is 105 cm³/mol. The van der Waals surface area contributed by atoms with Gasteiger partial charge in [0.05, 0.1) is 12.8 Å². The number of hydrogen-bond donors (Lipinski definition) is 1. The van der Waals surface area contributed by atoms with Gasteiger partial charge in [0.15, 0.2) is 0 Å². The van der Waals surface area contributed by atoms with Crippen molar-refractivity contribution >= 4 is 11.6 Å². The second kappa shape index (κ2) is 9.37. The summed E-state index contributed by atoms with van der Waals surface area (Å²) in [4.78, 5) is 16.7. The van der Waals surface area contributed by atoms with Crippen molar-refractivity contribution in [2.24, 2.45) is 0 Å². The van der Waals surface area contributed by atoms with Crippen molar-refractivity contribution in [1.29, 1.82) is 0 Å². The number of benzene rings is 2. The Labute approximate surface area is 159 Å². The summed E-state index contributed by atoms with van der Waals surface area (Å²) in [6.07, 6.45) is 0.420. The molecule has 0 atom stereocenters. The first-order chi connectivity index (χ1) is 13.2. The van der Waals surface area contributed by atoms with Crippen LogP contribution in [-0.4, -0.2) is 50.6 Å². The van der Waals surface area contributed by atoms with E-state index in [2.05, 4.69) is 21.2 Å². The van der Waals surface area contributed by atoms with Crippen LogP contribution in [0.2, 0.25) is 0 Å². The minimum Gasteiger partial charge on any atom is -0.495 e. The highest BCUT2D eigenvalue weighted by molar-refractivity contribution is 5.76. The number of methoxy groups -OCH3 is 1. The van der Waals surface area contributed by atoms with Gasteiger partial charge in [-0.2, -0.15) is 0 Å². The molecule has 1 saturated heterocycles. The van der Waals surface area contributed by atoms with E-state index in [1.807, 2.05) is 18.2 Å². The van der Waals surface area contributed by atoms with Crippen molar-refractivity contribution in [3.8, 4) is 5.75 Å². The maximum atomic E-state index is 13.6. The number of halogens is 1. The molecule has 1 fully saturated rings. The van der Waals surface area contributed by atoms with E-state index in [9.17, 15) is 9.18 Å². The summed E-state index contributed by atoms with van der Waals surface area (Å²) in [5, 5.41) is 2.80. The lowest BCUT2D eigenvalue weighted by atomic mass is 10.2. The average molecular weight is 371 g/mol. The molecule has 0 unspecified atom stereocenters. The number of ether oxygens (including phenoxy) is 1. The van der Waals surface area contributed by atoms with Gasteiger partial charge in [-0.3, -0.25) is 9.69 Å². The van der Waals surface area contributed by atoms with Crippen LogP contribution in [0, 0.1) is 5.82 Å². The van der Waals surface area contributed by atoms with Crippen LogP contribution in [-0.2, 0) is 11.3 Å². The van der Waals surface area contributed by atoms with E-state index in [0.29, 0.717) is 18.5 Å². The van der Waals surface area contributed by atoms with Crippen LogP contribution in [0.3, 0.4) is 0 Å². The van der Waals surface area contributed by atoms with Crippen molar-refractivity contribution in [1.82, 2.24) is 10.2 Å². The molecule has 5 nitrogen and oxygen atoms in total. The van der Waals surface area contributed by atoms with Crippen molar-refractivity contribution in [2.75, 3.05) is 44.7 Å². The Hall–Kier alpha value is -2.60. The molecule has 3 rings (SSSR count). The number of rotatable bonds is 7.